The predicted octanol–water partition coefficient (Wildman–Crippen LogP) is 2.42. The van der Waals surface area contributed by atoms with Gasteiger partial charge < -0.3 is 15.4 Å². The van der Waals surface area contributed by atoms with Crippen LogP contribution in [0.3, 0.4) is 0 Å². The molecule has 2 N–H and O–H groups in total. The van der Waals surface area contributed by atoms with Crippen molar-refractivity contribution < 1.29 is 9.53 Å². The lowest BCUT2D eigenvalue weighted by molar-refractivity contribution is 0.0393. The molecule has 7 nitrogen and oxygen atoms in total. The zero-order valence-electron chi connectivity index (χ0n) is 16.3. The molecular weight excluding hydrogens is 354 g/mol. The summed E-state index contributed by atoms with van der Waals surface area (Å²) in [7, 11) is 0. The van der Waals surface area contributed by atoms with Crippen LogP contribution in [0.15, 0.2) is 30.5 Å². The molecule has 28 heavy (non-hydrogen) atoms. The number of carbonyl (C=O) groups excluding carboxylic acids is 1. The molecule has 1 amide bonds. The summed E-state index contributed by atoms with van der Waals surface area (Å²) in [5.41, 5.74) is 3.12. The van der Waals surface area contributed by atoms with Crippen molar-refractivity contribution in [1.82, 2.24) is 25.6 Å². The number of aromatic nitrogens is 3. The summed E-state index contributed by atoms with van der Waals surface area (Å²) in [5, 5.41) is 14.4. The van der Waals surface area contributed by atoms with Crippen LogP contribution in [0, 0.1) is 0 Å². The third kappa shape index (κ3) is 4.59. The molecular formula is C21H29N5O2. The minimum atomic E-state index is -0.164. The number of aryl methyl sites for hydroxylation is 1. The molecule has 7 heteroatoms. The number of carbonyl (C=O) groups is 1. The summed E-state index contributed by atoms with van der Waals surface area (Å²) < 4.78 is 7.92. The number of ether oxygens (including phenoxy) is 1. The Labute approximate surface area is 165 Å². The largest absolute Gasteiger partial charge is 0.373 e. The Hall–Kier alpha value is -2.25. The molecule has 0 bridgehead atoms. The number of amides is 1. The molecule has 1 aromatic heterocycles. The van der Waals surface area contributed by atoms with E-state index in [1.54, 1.807) is 6.20 Å². The first kappa shape index (κ1) is 19.1. The number of rotatable bonds is 7. The Morgan fingerprint density at radius 1 is 1.25 bits per heavy atom. The standard InChI is InChI=1S/C21H29N5O2/c27-21(19-15-26(25-24-19)17-9-12-22-13-10-17)23-11-4-14-28-20-8-3-6-16-5-1-2-7-18(16)20/h1-2,5,7,15,17,20,22H,3-4,6,8-14H2,(H,23,27). The second-order valence-electron chi connectivity index (χ2n) is 7.62. The van der Waals surface area contributed by atoms with Gasteiger partial charge in [-0.3, -0.25) is 4.79 Å². The summed E-state index contributed by atoms with van der Waals surface area (Å²) in [6, 6.07) is 8.88. The Kier molecular flexibility index (Phi) is 6.34. The van der Waals surface area contributed by atoms with Crippen molar-refractivity contribution in [3.8, 4) is 0 Å². The number of nitrogens with one attached hydrogen (secondary N) is 2. The zero-order valence-corrected chi connectivity index (χ0v) is 16.3. The van der Waals surface area contributed by atoms with Crippen molar-refractivity contribution in [2.75, 3.05) is 26.2 Å². The molecule has 1 unspecified atom stereocenters. The van der Waals surface area contributed by atoms with Crippen molar-refractivity contribution in [2.24, 2.45) is 0 Å². The van der Waals surface area contributed by atoms with Crippen LogP contribution in [0.4, 0.5) is 0 Å². The number of nitrogens with zero attached hydrogens (tertiary/aromatic N) is 3. The Morgan fingerprint density at radius 3 is 3.00 bits per heavy atom. The topological polar surface area (TPSA) is 81.1 Å². The fourth-order valence-electron chi connectivity index (χ4n) is 4.10. The molecule has 1 aromatic carbocycles. The van der Waals surface area contributed by atoms with Gasteiger partial charge in [0.1, 0.15) is 0 Å². The third-order valence-electron chi connectivity index (χ3n) is 5.67. The molecule has 2 heterocycles. The quantitative estimate of drug-likeness (QED) is 0.718. The number of benzene rings is 1. The van der Waals surface area contributed by atoms with Gasteiger partial charge in [0.15, 0.2) is 5.69 Å². The SMILES string of the molecule is O=C(NCCCOC1CCCc2ccccc21)c1cn(C2CCNCC2)nn1. The van der Waals surface area contributed by atoms with Crippen LogP contribution in [-0.4, -0.2) is 47.1 Å². The Bertz CT molecular complexity index is 785. The molecule has 1 atom stereocenters. The monoisotopic (exact) mass is 383 g/mol. The van der Waals surface area contributed by atoms with Crippen molar-refractivity contribution >= 4 is 5.91 Å². The van der Waals surface area contributed by atoms with Crippen LogP contribution in [0.5, 0.6) is 0 Å². The van der Waals surface area contributed by atoms with Gasteiger partial charge >= 0.3 is 0 Å². The minimum Gasteiger partial charge on any atom is -0.373 e. The van der Waals surface area contributed by atoms with E-state index in [1.807, 2.05) is 4.68 Å². The number of hydrogen-bond acceptors (Lipinski definition) is 5. The van der Waals surface area contributed by atoms with Gasteiger partial charge in [-0.2, -0.15) is 0 Å². The van der Waals surface area contributed by atoms with Gasteiger partial charge in [0, 0.05) is 13.2 Å². The van der Waals surface area contributed by atoms with Crippen LogP contribution in [0.2, 0.25) is 0 Å². The highest BCUT2D eigenvalue weighted by atomic mass is 16.5. The molecule has 1 aliphatic carbocycles. The van der Waals surface area contributed by atoms with E-state index >= 15 is 0 Å². The first-order valence-corrected chi connectivity index (χ1v) is 10.4. The van der Waals surface area contributed by atoms with E-state index in [1.165, 1.54) is 17.5 Å². The third-order valence-corrected chi connectivity index (χ3v) is 5.67. The van der Waals surface area contributed by atoms with Gasteiger partial charge in [-0.05, 0) is 62.7 Å². The lowest BCUT2D eigenvalue weighted by Gasteiger charge is -2.25. The summed E-state index contributed by atoms with van der Waals surface area (Å²) in [5.74, 6) is -0.164. The highest BCUT2D eigenvalue weighted by Crippen LogP contribution is 2.32. The summed E-state index contributed by atoms with van der Waals surface area (Å²) in [6.45, 7) is 3.18. The van der Waals surface area contributed by atoms with Gasteiger partial charge in [-0.25, -0.2) is 4.68 Å². The molecule has 0 radical (unpaired) electrons. The number of hydrogen-bond donors (Lipinski definition) is 2. The van der Waals surface area contributed by atoms with Crippen molar-refractivity contribution in [3.63, 3.8) is 0 Å². The maximum absolute atomic E-state index is 12.3. The molecule has 1 saturated heterocycles. The highest BCUT2D eigenvalue weighted by molar-refractivity contribution is 5.91. The first-order valence-electron chi connectivity index (χ1n) is 10.4. The van der Waals surface area contributed by atoms with E-state index in [-0.39, 0.29) is 12.0 Å². The van der Waals surface area contributed by atoms with Crippen molar-refractivity contribution in [1.29, 1.82) is 0 Å². The second-order valence-corrected chi connectivity index (χ2v) is 7.62. The number of piperidine rings is 1. The van der Waals surface area contributed by atoms with Crippen molar-refractivity contribution in [3.05, 3.63) is 47.3 Å². The normalized spacial score (nSPS) is 19.9. The van der Waals surface area contributed by atoms with Gasteiger partial charge in [0.25, 0.3) is 5.91 Å². The van der Waals surface area contributed by atoms with E-state index in [9.17, 15) is 4.79 Å². The maximum atomic E-state index is 12.3. The molecule has 150 valence electrons. The van der Waals surface area contributed by atoms with Crippen LogP contribution in [0.25, 0.3) is 0 Å². The molecule has 1 aliphatic heterocycles. The summed E-state index contributed by atoms with van der Waals surface area (Å²) in [6.07, 6.45) is 8.16. The predicted molar refractivity (Wildman–Crippen MR) is 106 cm³/mol. The lowest BCUT2D eigenvalue weighted by Crippen LogP contribution is -2.29. The number of fused-ring (bicyclic) bond motifs is 1. The average Bonchev–Trinajstić information content (AvgIpc) is 3.25. The zero-order chi connectivity index (χ0) is 19.2. The second kappa shape index (κ2) is 9.30. The molecule has 2 aliphatic rings. The van der Waals surface area contributed by atoms with Crippen LogP contribution >= 0.6 is 0 Å². The van der Waals surface area contributed by atoms with Crippen molar-refractivity contribution in [2.45, 2.75) is 50.7 Å². The molecule has 4 rings (SSSR count). The Balaban J connectivity index is 1.19. The van der Waals surface area contributed by atoms with Crippen LogP contribution in [-0.2, 0) is 11.2 Å². The molecule has 0 saturated carbocycles. The summed E-state index contributed by atoms with van der Waals surface area (Å²) in [4.78, 5) is 12.3. The van der Waals surface area contributed by atoms with E-state index in [4.69, 9.17) is 4.74 Å². The van der Waals surface area contributed by atoms with Gasteiger partial charge in [0.2, 0.25) is 0 Å². The van der Waals surface area contributed by atoms with E-state index in [2.05, 4.69) is 45.2 Å². The molecule has 2 aromatic rings. The van der Waals surface area contributed by atoms with Gasteiger partial charge in [-0.15, -0.1) is 5.10 Å². The highest BCUT2D eigenvalue weighted by Gasteiger charge is 2.20. The summed E-state index contributed by atoms with van der Waals surface area (Å²) >= 11 is 0. The fourth-order valence-corrected chi connectivity index (χ4v) is 4.10. The van der Waals surface area contributed by atoms with E-state index < -0.39 is 0 Å². The fraction of sp³-hybridized carbons (Fsp3) is 0.571. The lowest BCUT2D eigenvalue weighted by atomic mass is 9.89. The average molecular weight is 383 g/mol. The Morgan fingerprint density at radius 2 is 2.11 bits per heavy atom. The van der Waals surface area contributed by atoms with E-state index in [0.29, 0.717) is 24.9 Å². The minimum absolute atomic E-state index is 0.164. The van der Waals surface area contributed by atoms with Crippen LogP contribution in [0.1, 0.15) is 65.9 Å². The van der Waals surface area contributed by atoms with E-state index in [0.717, 1.165) is 45.2 Å². The van der Waals surface area contributed by atoms with Gasteiger partial charge in [-0.1, -0.05) is 29.5 Å². The smallest absolute Gasteiger partial charge is 0.273 e. The molecule has 1 fully saturated rings. The maximum Gasteiger partial charge on any atom is 0.273 e. The first-order chi connectivity index (χ1) is 13.8. The van der Waals surface area contributed by atoms with Crippen LogP contribution < -0.4 is 10.6 Å². The van der Waals surface area contributed by atoms with Gasteiger partial charge in [0.05, 0.1) is 18.3 Å². The molecule has 0 spiro atoms.